The molecule has 0 heterocycles. The first-order chi connectivity index (χ1) is 6.52. The molecular formula is C9H15NO4. The molecule has 0 N–H and O–H groups in total. The van der Waals surface area contributed by atoms with Gasteiger partial charge in [-0.1, -0.05) is 0 Å². The van der Waals surface area contributed by atoms with Crippen LogP contribution in [0.5, 0.6) is 0 Å². The Bertz CT molecular complexity index is 245. The van der Waals surface area contributed by atoms with Crippen LogP contribution >= 0.6 is 0 Å². The van der Waals surface area contributed by atoms with E-state index in [1.165, 1.54) is 12.0 Å². The lowest BCUT2D eigenvalue weighted by molar-refractivity contribution is -0.141. The minimum absolute atomic E-state index is 0.165. The van der Waals surface area contributed by atoms with Gasteiger partial charge in [-0.25, -0.2) is 9.59 Å². The summed E-state index contributed by atoms with van der Waals surface area (Å²) in [6, 6.07) is 0. The van der Waals surface area contributed by atoms with Gasteiger partial charge in [0.05, 0.1) is 19.8 Å². The Morgan fingerprint density at radius 1 is 1.36 bits per heavy atom. The van der Waals surface area contributed by atoms with E-state index in [0.717, 1.165) is 6.08 Å². The van der Waals surface area contributed by atoms with Gasteiger partial charge >= 0.3 is 11.9 Å². The summed E-state index contributed by atoms with van der Waals surface area (Å²) in [4.78, 5) is 23.7. The van der Waals surface area contributed by atoms with Crippen LogP contribution in [0, 0.1) is 0 Å². The Kier molecular flexibility index (Phi) is 5.36. The fraction of sp³-hybridized carbons (Fsp3) is 0.556. The quantitative estimate of drug-likeness (QED) is 0.479. The van der Waals surface area contributed by atoms with Crippen molar-refractivity contribution < 1.29 is 19.1 Å². The summed E-state index contributed by atoms with van der Waals surface area (Å²) in [6.07, 6.45) is 1.10. The molecule has 0 fully saturated rings. The predicted octanol–water partition coefficient (Wildman–Crippen LogP) is 0.168. The highest BCUT2D eigenvalue weighted by molar-refractivity contribution is 5.95. The molecule has 5 nitrogen and oxygen atoms in total. The number of carbonyl (C=O) groups excluding carboxylic acids is 2. The maximum Gasteiger partial charge on any atom is 0.354 e. The van der Waals surface area contributed by atoms with Gasteiger partial charge in [0.15, 0.2) is 0 Å². The van der Waals surface area contributed by atoms with Gasteiger partial charge in [0.1, 0.15) is 5.70 Å². The molecule has 0 saturated carbocycles. The number of esters is 2. The zero-order valence-corrected chi connectivity index (χ0v) is 8.86. The Labute approximate surface area is 83.3 Å². The first kappa shape index (κ1) is 12.5. The number of methoxy groups -OCH3 is 1. The molecule has 0 spiro atoms. The minimum Gasteiger partial charge on any atom is -0.466 e. The van der Waals surface area contributed by atoms with E-state index < -0.39 is 11.9 Å². The summed E-state index contributed by atoms with van der Waals surface area (Å²) in [7, 11) is 4.54. The third-order valence-electron chi connectivity index (χ3n) is 1.42. The highest BCUT2D eigenvalue weighted by Crippen LogP contribution is 2.02. The first-order valence-corrected chi connectivity index (χ1v) is 4.17. The summed E-state index contributed by atoms with van der Waals surface area (Å²) in [6.45, 7) is 1.97. The molecule has 0 atom stereocenters. The number of rotatable bonds is 4. The lowest BCUT2D eigenvalue weighted by Crippen LogP contribution is -2.22. The average Bonchev–Trinajstić information content (AvgIpc) is 2.13. The molecule has 0 saturated heterocycles. The average molecular weight is 201 g/mol. The van der Waals surface area contributed by atoms with Crippen molar-refractivity contribution in [1.82, 2.24) is 4.90 Å². The Morgan fingerprint density at radius 3 is 2.29 bits per heavy atom. The van der Waals surface area contributed by atoms with Crippen LogP contribution in [0.15, 0.2) is 11.8 Å². The largest absolute Gasteiger partial charge is 0.466 e. The molecule has 14 heavy (non-hydrogen) atoms. The number of hydrogen-bond donors (Lipinski definition) is 0. The molecule has 0 aromatic rings. The van der Waals surface area contributed by atoms with Crippen LogP contribution < -0.4 is 0 Å². The van der Waals surface area contributed by atoms with E-state index in [9.17, 15) is 9.59 Å². The molecule has 0 rings (SSSR count). The molecule has 0 radical (unpaired) electrons. The topological polar surface area (TPSA) is 55.8 Å². The van der Waals surface area contributed by atoms with Crippen LogP contribution in [-0.4, -0.2) is 44.7 Å². The maximum atomic E-state index is 11.3. The zero-order valence-electron chi connectivity index (χ0n) is 8.86. The van der Waals surface area contributed by atoms with E-state index in [2.05, 4.69) is 4.74 Å². The SMILES string of the molecule is CCOC(=O)/C(=C/C(=O)OC)N(C)C. The molecule has 80 valence electrons. The summed E-state index contributed by atoms with van der Waals surface area (Å²) in [5, 5.41) is 0. The van der Waals surface area contributed by atoms with Crippen LogP contribution in [0.1, 0.15) is 6.92 Å². The van der Waals surface area contributed by atoms with Crippen LogP contribution in [0.3, 0.4) is 0 Å². The fourth-order valence-corrected chi connectivity index (χ4v) is 0.746. The summed E-state index contributed by atoms with van der Waals surface area (Å²) in [5.41, 5.74) is 0.165. The Morgan fingerprint density at radius 2 is 1.93 bits per heavy atom. The molecule has 0 amide bonds. The standard InChI is InChI=1S/C9H15NO4/c1-5-14-9(12)7(10(2)3)6-8(11)13-4/h6H,5H2,1-4H3/b7-6-. The number of likely N-dealkylation sites (N-methyl/N-ethyl adjacent to an activating group) is 1. The molecule has 0 aromatic heterocycles. The lowest BCUT2D eigenvalue weighted by Gasteiger charge is -2.14. The second kappa shape index (κ2) is 6.01. The van der Waals surface area contributed by atoms with Gasteiger partial charge < -0.3 is 14.4 Å². The van der Waals surface area contributed by atoms with Gasteiger partial charge in [-0.15, -0.1) is 0 Å². The molecule has 0 bridgehead atoms. The van der Waals surface area contributed by atoms with E-state index in [4.69, 9.17) is 4.74 Å². The van der Waals surface area contributed by atoms with Crippen LogP contribution in [0.2, 0.25) is 0 Å². The Balaban J connectivity index is 4.67. The molecule has 0 aliphatic rings. The van der Waals surface area contributed by atoms with Crippen molar-refractivity contribution in [1.29, 1.82) is 0 Å². The van der Waals surface area contributed by atoms with Gasteiger partial charge in [0, 0.05) is 14.1 Å². The van der Waals surface area contributed by atoms with E-state index in [1.54, 1.807) is 21.0 Å². The molecule has 0 unspecified atom stereocenters. The lowest BCUT2D eigenvalue weighted by atomic mass is 10.3. The summed E-state index contributed by atoms with van der Waals surface area (Å²) in [5.74, 6) is -1.12. The predicted molar refractivity (Wildman–Crippen MR) is 50.4 cm³/mol. The summed E-state index contributed by atoms with van der Waals surface area (Å²) < 4.78 is 9.16. The van der Waals surface area contributed by atoms with Crippen molar-refractivity contribution >= 4 is 11.9 Å². The maximum absolute atomic E-state index is 11.3. The second-order valence-corrected chi connectivity index (χ2v) is 2.67. The second-order valence-electron chi connectivity index (χ2n) is 2.67. The molecular weight excluding hydrogens is 186 g/mol. The molecule has 0 aliphatic heterocycles. The summed E-state index contributed by atoms with van der Waals surface area (Å²) >= 11 is 0. The number of nitrogens with zero attached hydrogens (tertiary/aromatic N) is 1. The third-order valence-corrected chi connectivity index (χ3v) is 1.42. The van der Waals surface area contributed by atoms with E-state index in [1.807, 2.05) is 0 Å². The monoisotopic (exact) mass is 201 g/mol. The van der Waals surface area contributed by atoms with Crippen LogP contribution in [0.4, 0.5) is 0 Å². The van der Waals surface area contributed by atoms with E-state index in [-0.39, 0.29) is 12.3 Å². The molecule has 0 aromatic carbocycles. The van der Waals surface area contributed by atoms with Gasteiger partial charge in [0.2, 0.25) is 0 Å². The van der Waals surface area contributed by atoms with Crippen LogP contribution in [-0.2, 0) is 19.1 Å². The number of carbonyl (C=O) groups is 2. The van der Waals surface area contributed by atoms with Crippen molar-refractivity contribution in [3.8, 4) is 0 Å². The third kappa shape index (κ3) is 3.93. The van der Waals surface area contributed by atoms with Gasteiger partial charge in [0.25, 0.3) is 0 Å². The van der Waals surface area contributed by atoms with Crippen molar-refractivity contribution in [2.75, 3.05) is 27.8 Å². The first-order valence-electron chi connectivity index (χ1n) is 4.17. The van der Waals surface area contributed by atoms with Crippen molar-refractivity contribution in [3.63, 3.8) is 0 Å². The Hall–Kier alpha value is -1.52. The van der Waals surface area contributed by atoms with Crippen molar-refractivity contribution in [2.24, 2.45) is 0 Å². The van der Waals surface area contributed by atoms with Gasteiger partial charge in [-0.05, 0) is 6.92 Å². The highest BCUT2D eigenvalue weighted by atomic mass is 16.5. The van der Waals surface area contributed by atoms with E-state index in [0.29, 0.717) is 0 Å². The van der Waals surface area contributed by atoms with Crippen molar-refractivity contribution in [2.45, 2.75) is 6.92 Å². The molecule has 5 heteroatoms. The van der Waals surface area contributed by atoms with Crippen LogP contribution in [0.25, 0.3) is 0 Å². The number of ether oxygens (including phenoxy) is 2. The smallest absolute Gasteiger partial charge is 0.354 e. The normalized spacial score (nSPS) is 10.7. The van der Waals surface area contributed by atoms with Gasteiger partial charge in [-0.2, -0.15) is 0 Å². The van der Waals surface area contributed by atoms with E-state index >= 15 is 0 Å². The zero-order chi connectivity index (χ0) is 11.1. The van der Waals surface area contributed by atoms with Gasteiger partial charge in [-0.3, -0.25) is 0 Å². The highest BCUT2D eigenvalue weighted by Gasteiger charge is 2.14. The van der Waals surface area contributed by atoms with Crippen molar-refractivity contribution in [3.05, 3.63) is 11.8 Å². The fourth-order valence-electron chi connectivity index (χ4n) is 0.746. The molecule has 0 aliphatic carbocycles. The minimum atomic E-state index is -0.582. The number of hydrogen-bond acceptors (Lipinski definition) is 5.